The molecule has 2 aromatic heterocycles. The molecular formula is C29H34N4O4. The third-order valence-electron chi connectivity index (χ3n) is 6.35. The Labute approximate surface area is 217 Å². The highest BCUT2D eigenvalue weighted by Gasteiger charge is 2.30. The molecule has 1 N–H and O–H groups in total. The zero-order chi connectivity index (χ0) is 26.4. The number of hydrogen-bond acceptors (Lipinski definition) is 6. The Bertz CT molecular complexity index is 1240. The van der Waals surface area contributed by atoms with Crippen molar-refractivity contribution in [3.05, 3.63) is 77.8 Å². The summed E-state index contributed by atoms with van der Waals surface area (Å²) in [4.78, 5) is 32.0. The third-order valence-corrected chi connectivity index (χ3v) is 6.35. The van der Waals surface area contributed by atoms with Gasteiger partial charge >= 0.3 is 5.97 Å². The molecule has 4 rings (SSSR count). The van der Waals surface area contributed by atoms with Crippen molar-refractivity contribution in [1.82, 2.24) is 14.8 Å². The van der Waals surface area contributed by atoms with Gasteiger partial charge in [-0.15, -0.1) is 0 Å². The van der Waals surface area contributed by atoms with Gasteiger partial charge in [0.25, 0.3) is 0 Å². The van der Waals surface area contributed by atoms with Crippen molar-refractivity contribution in [2.75, 3.05) is 4.90 Å². The first-order valence-corrected chi connectivity index (χ1v) is 12.7. The molecule has 8 heteroatoms. The molecule has 1 aliphatic rings. The van der Waals surface area contributed by atoms with Crippen molar-refractivity contribution >= 4 is 23.6 Å². The number of aryl methyl sites for hydroxylation is 1. The van der Waals surface area contributed by atoms with Crippen LogP contribution in [0.25, 0.3) is 11.9 Å². The van der Waals surface area contributed by atoms with Crippen molar-refractivity contribution in [2.24, 2.45) is 5.92 Å². The van der Waals surface area contributed by atoms with Gasteiger partial charge in [0, 0.05) is 30.1 Å². The van der Waals surface area contributed by atoms with Crippen LogP contribution in [0, 0.1) is 12.8 Å². The maximum atomic E-state index is 13.7. The average Bonchev–Trinajstić information content (AvgIpc) is 3.32. The topological polar surface area (TPSA) is 97.6 Å². The highest BCUT2D eigenvalue weighted by molar-refractivity contribution is 5.95. The number of hydrogen-bond donors (Lipinski definition) is 1. The Morgan fingerprint density at radius 3 is 2.59 bits per heavy atom. The summed E-state index contributed by atoms with van der Waals surface area (Å²) in [5.74, 6) is 0.172. The van der Waals surface area contributed by atoms with Crippen LogP contribution >= 0.6 is 0 Å². The zero-order valence-electron chi connectivity index (χ0n) is 21.6. The number of benzene rings is 1. The summed E-state index contributed by atoms with van der Waals surface area (Å²) >= 11 is 0. The summed E-state index contributed by atoms with van der Waals surface area (Å²) in [5, 5.41) is 14.2. The molecule has 1 aliphatic carbocycles. The summed E-state index contributed by atoms with van der Waals surface area (Å²) in [7, 11) is 0. The smallest absolute Gasteiger partial charge is 0.331 e. The fraction of sp³-hybridized carbons (Fsp3) is 0.379. The van der Waals surface area contributed by atoms with Crippen LogP contribution in [0.1, 0.15) is 56.2 Å². The van der Waals surface area contributed by atoms with Crippen LogP contribution in [0.15, 0.2) is 61.1 Å². The van der Waals surface area contributed by atoms with Gasteiger partial charge in [-0.3, -0.25) is 4.79 Å². The maximum absolute atomic E-state index is 13.7. The number of amides is 1. The molecule has 1 fully saturated rings. The quantitative estimate of drug-likeness (QED) is 0.356. The van der Waals surface area contributed by atoms with Crippen molar-refractivity contribution < 1.29 is 19.4 Å². The van der Waals surface area contributed by atoms with Crippen LogP contribution in [-0.2, 0) is 20.9 Å². The summed E-state index contributed by atoms with van der Waals surface area (Å²) in [5.41, 5.74) is 3.46. The summed E-state index contributed by atoms with van der Waals surface area (Å²) in [6, 6.07) is 11.4. The SMILES string of the molecule is Cc1cnn(-c2ccc(CN(C(=O)C3CCC(O)CC3)c3cccc(/C=C/C(=O)OC(C)C)c3)cn2)c1. The third kappa shape index (κ3) is 7.13. The van der Waals surface area contributed by atoms with Gasteiger partial charge in [-0.1, -0.05) is 18.2 Å². The van der Waals surface area contributed by atoms with E-state index < -0.39 is 5.97 Å². The first-order valence-electron chi connectivity index (χ1n) is 12.7. The Morgan fingerprint density at radius 1 is 1.16 bits per heavy atom. The van der Waals surface area contributed by atoms with Crippen LogP contribution in [0.5, 0.6) is 0 Å². The van der Waals surface area contributed by atoms with E-state index in [4.69, 9.17) is 4.74 Å². The van der Waals surface area contributed by atoms with Crippen LogP contribution in [0.3, 0.4) is 0 Å². The first-order chi connectivity index (χ1) is 17.8. The Hall–Kier alpha value is -3.78. The number of rotatable bonds is 8. The van der Waals surface area contributed by atoms with E-state index in [1.165, 1.54) is 6.08 Å². The van der Waals surface area contributed by atoms with Crippen LogP contribution < -0.4 is 4.90 Å². The molecule has 0 atom stereocenters. The Morgan fingerprint density at radius 2 is 1.95 bits per heavy atom. The second-order valence-corrected chi connectivity index (χ2v) is 9.83. The molecule has 2 heterocycles. The van der Waals surface area contributed by atoms with Crippen molar-refractivity contribution in [2.45, 2.75) is 65.2 Å². The first kappa shape index (κ1) is 26.3. The Kier molecular flexibility index (Phi) is 8.50. The molecule has 0 radical (unpaired) electrons. The number of carbonyl (C=O) groups excluding carboxylic acids is 2. The fourth-order valence-corrected chi connectivity index (χ4v) is 4.44. The van der Waals surface area contributed by atoms with Crippen molar-refractivity contribution in [1.29, 1.82) is 0 Å². The molecular weight excluding hydrogens is 468 g/mol. The van der Waals surface area contributed by atoms with Gasteiger partial charge in [-0.05, 0) is 87.4 Å². The number of ether oxygens (including phenoxy) is 1. The summed E-state index contributed by atoms with van der Waals surface area (Å²) in [6.07, 6.45) is 10.6. The predicted octanol–water partition coefficient (Wildman–Crippen LogP) is 4.62. The molecule has 0 unspecified atom stereocenters. The second kappa shape index (κ2) is 12.0. The Balaban J connectivity index is 1.58. The predicted molar refractivity (Wildman–Crippen MR) is 142 cm³/mol. The highest BCUT2D eigenvalue weighted by Crippen LogP contribution is 2.29. The van der Waals surface area contributed by atoms with Crippen molar-refractivity contribution in [3.8, 4) is 5.82 Å². The van der Waals surface area contributed by atoms with Gasteiger partial charge in [-0.25, -0.2) is 14.5 Å². The van der Waals surface area contributed by atoms with Gasteiger partial charge in [0.15, 0.2) is 5.82 Å². The molecule has 3 aromatic rings. The lowest BCUT2D eigenvalue weighted by Gasteiger charge is -2.31. The number of pyridine rings is 1. The monoisotopic (exact) mass is 502 g/mol. The standard InChI is InChI=1S/C29H34N4O4/c1-20(2)37-28(35)14-8-22-5-4-6-25(15-22)32(29(36)24-9-11-26(34)12-10-24)19-23-7-13-27(30-17-23)33-18-21(3)16-31-33/h4-8,13-18,20,24,26,34H,9-12,19H2,1-3H3/b14-8+. The number of esters is 1. The van der Waals surface area contributed by atoms with Gasteiger partial charge in [-0.2, -0.15) is 5.10 Å². The number of anilines is 1. The van der Waals surface area contributed by atoms with E-state index in [0.717, 1.165) is 22.4 Å². The van der Waals surface area contributed by atoms with E-state index in [-0.39, 0.29) is 24.0 Å². The maximum Gasteiger partial charge on any atom is 0.331 e. The molecule has 194 valence electrons. The molecule has 0 bridgehead atoms. The summed E-state index contributed by atoms with van der Waals surface area (Å²) < 4.78 is 6.89. The average molecular weight is 503 g/mol. The molecule has 0 spiro atoms. The molecule has 37 heavy (non-hydrogen) atoms. The molecule has 0 saturated heterocycles. The second-order valence-electron chi connectivity index (χ2n) is 9.83. The minimum atomic E-state index is -0.410. The number of carbonyl (C=O) groups is 2. The molecule has 1 aromatic carbocycles. The van der Waals surface area contributed by atoms with Gasteiger partial charge in [0.1, 0.15) is 0 Å². The number of aliphatic hydroxyl groups is 1. The van der Waals surface area contributed by atoms with E-state index in [9.17, 15) is 14.7 Å². The van der Waals surface area contributed by atoms with E-state index in [1.807, 2.05) is 49.5 Å². The van der Waals surface area contributed by atoms with Gasteiger partial charge in [0.05, 0.1) is 24.9 Å². The van der Waals surface area contributed by atoms with Crippen molar-refractivity contribution in [3.63, 3.8) is 0 Å². The van der Waals surface area contributed by atoms with Gasteiger partial charge < -0.3 is 14.7 Å². The minimum absolute atomic E-state index is 0.0269. The number of aromatic nitrogens is 3. The van der Waals surface area contributed by atoms with Crippen LogP contribution in [0.4, 0.5) is 5.69 Å². The number of aliphatic hydroxyl groups excluding tert-OH is 1. The lowest BCUT2D eigenvalue weighted by atomic mass is 9.86. The van der Waals surface area contributed by atoms with E-state index in [0.29, 0.717) is 38.0 Å². The van der Waals surface area contributed by atoms with E-state index in [1.54, 1.807) is 41.9 Å². The van der Waals surface area contributed by atoms with Gasteiger partial charge in [0.2, 0.25) is 5.91 Å². The lowest BCUT2D eigenvalue weighted by molar-refractivity contribution is -0.141. The van der Waals surface area contributed by atoms with Crippen LogP contribution in [0.2, 0.25) is 0 Å². The van der Waals surface area contributed by atoms with E-state index in [2.05, 4.69) is 10.1 Å². The minimum Gasteiger partial charge on any atom is -0.460 e. The molecule has 1 saturated carbocycles. The molecule has 8 nitrogen and oxygen atoms in total. The zero-order valence-corrected chi connectivity index (χ0v) is 21.6. The highest BCUT2D eigenvalue weighted by atomic mass is 16.5. The number of nitrogens with zero attached hydrogens (tertiary/aromatic N) is 4. The van der Waals surface area contributed by atoms with E-state index >= 15 is 0 Å². The molecule has 1 amide bonds. The van der Waals surface area contributed by atoms with Crippen LogP contribution in [-0.4, -0.2) is 44.0 Å². The fourth-order valence-electron chi connectivity index (χ4n) is 4.44. The lowest BCUT2D eigenvalue weighted by Crippen LogP contribution is -2.38. The summed E-state index contributed by atoms with van der Waals surface area (Å²) in [6.45, 7) is 5.93. The molecule has 0 aliphatic heterocycles. The largest absolute Gasteiger partial charge is 0.460 e. The normalized spacial score (nSPS) is 17.8.